The summed E-state index contributed by atoms with van der Waals surface area (Å²) in [7, 11) is 0. The summed E-state index contributed by atoms with van der Waals surface area (Å²) < 4.78 is 1.83. The van der Waals surface area contributed by atoms with Crippen LogP contribution in [0.25, 0.3) is 22.4 Å². The molecular formula is C26H22Cl2N4O2. The second-order valence-electron chi connectivity index (χ2n) is 8.45. The summed E-state index contributed by atoms with van der Waals surface area (Å²) in [5.74, 6) is 0.460. The molecule has 4 aromatic rings. The highest BCUT2D eigenvalue weighted by atomic mass is 35.5. The normalized spacial score (nSPS) is 13.1. The number of fused-ring (bicyclic) bond motifs is 1. The van der Waals surface area contributed by atoms with Gasteiger partial charge in [0, 0.05) is 22.9 Å². The zero-order chi connectivity index (χ0) is 23.8. The van der Waals surface area contributed by atoms with Crippen molar-refractivity contribution in [2.45, 2.75) is 26.3 Å². The Morgan fingerprint density at radius 2 is 1.82 bits per heavy atom. The zero-order valence-electron chi connectivity index (χ0n) is 18.4. The zero-order valence-corrected chi connectivity index (χ0v) is 20.0. The number of carbonyl (C=O) groups is 2. The fourth-order valence-electron chi connectivity index (χ4n) is 3.88. The molecule has 0 saturated heterocycles. The minimum absolute atomic E-state index is 0.0223. The molecule has 1 saturated carbocycles. The van der Waals surface area contributed by atoms with Gasteiger partial charge in [-0.2, -0.15) is 0 Å². The van der Waals surface area contributed by atoms with Crippen LogP contribution in [-0.4, -0.2) is 21.4 Å². The van der Waals surface area contributed by atoms with Gasteiger partial charge in [0.05, 0.1) is 21.1 Å². The van der Waals surface area contributed by atoms with Gasteiger partial charge in [-0.05, 0) is 61.7 Å². The van der Waals surface area contributed by atoms with Crippen molar-refractivity contribution >= 4 is 57.4 Å². The van der Waals surface area contributed by atoms with Crippen molar-refractivity contribution in [1.82, 2.24) is 9.55 Å². The Labute approximate surface area is 206 Å². The van der Waals surface area contributed by atoms with Crippen LogP contribution in [0.15, 0.2) is 60.7 Å². The van der Waals surface area contributed by atoms with Crippen LogP contribution in [0.4, 0.5) is 11.4 Å². The molecule has 172 valence electrons. The number of anilines is 2. The molecule has 34 heavy (non-hydrogen) atoms. The van der Waals surface area contributed by atoms with Crippen molar-refractivity contribution in [3.63, 3.8) is 0 Å². The summed E-state index contributed by atoms with van der Waals surface area (Å²) in [5, 5.41) is 6.71. The second kappa shape index (κ2) is 9.12. The molecule has 0 aliphatic heterocycles. The fourth-order valence-corrected chi connectivity index (χ4v) is 4.26. The standard InChI is InChI=1S/C26H22Cl2N4O2/c1-15-9-12-17(29-26(34)16-10-11-16)13-21(15)30-23(33)14-32-22-8-3-2-7-20(22)31-25(32)18-5-4-6-19(27)24(18)28/h2-9,12-13,16H,10-11,14H2,1H3,(H,29,34)(H,30,33). The molecule has 0 atom stereocenters. The Morgan fingerprint density at radius 1 is 1.03 bits per heavy atom. The van der Waals surface area contributed by atoms with E-state index in [-0.39, 0.29) is 24.3 Å². The Bertz CT molecular complexity index is 1430. The molecule has 0 bridgehead atoms. The molecule has 0 unspecified atom stereocenters. The van der Waals surface area contributed by atoms with Crippen LogP contribution in [0.3, 0.4) is 0 Å². The van der Waals surface area contributed by atoms with Crippen molar-refractivity contribution in [3.05, 3.63) is 76.3 Å². The number of aryl methyl sites for hydroxylation is 1. The van der Waals surface area contributed by atoms with Gasteiger partial charge in [-0.25, -0.2) is 4.98 Å². The lowest BCUT2D eigenvalue weighted by atomic mass is 10.1. The number of hydrogen-bond donors (Lipinski definition) is 2. The molecular weight excluding hydrogens is 471 g/mol. The van der Waals surface area contributed by atoms with Crippen LogP contribution in [0.1, 0.15) is 18.4 Å². The highest BCUT2D eigenvalue weighted by molar-refractivity contribution is 6.43. The highest BCUT2D eigenvalue weighted by Crippen LogP contribution is 2.35. The van der Waals surface area contributed by atoms with Crippen molar-refractivity contribution in [2.75, 3.05) is 10.6 Å². The molecule has 0 radical (unpaired) electrons. The first-order valence-electron chi connectivity index (χ1n) is 11.0. The van der Waals surface area contributed by atoms with Crippen molar-refractivity contribution < 1.29 is 9.59 Å². The molecule has 5 rings (SSSR count). The lowest BCUT2D eigenvalue weighted by Gasteiger charge is -2.14. The maximum Gasteiger partial charge on any atom is 0.244 e. The number of rotatable bonds is 6. The third kappa shape index (κ3) is 4.52. The van der Waals surface area contributed by atoms with Gasteiger partial charge >= 0.3 is 0 Å². The summed E-state index contributed by atoms with van der Waals surface area (Å²) >= 11 is 12.7. The molecule has 0 spiro atoms. The van der Waals surface area contributed by atoms with Gasteiger partial charge in [-0.1, -0.05) is 47.5 Å². The molecule has 2 N–H and O–H groups in total. The van der Waals surface area contributed by atoms with Crippen LogP contribution in [-0.2, 0) is 16.1 Å². The molecule has 6 nitrogen and oxygen atoms in total. The third-order valence-electron chi connectivity index (χ3n) is 5.88. The number of nitrogens with one attached hydrogen (secondary N) is 2. The van der Waals surface area contributed by atoms with Gasteiger partial charge in [-0.3, -0.25) is 9.59 Å². The number of benzene rings is 3. The van der Waals surface area contributed by atoms with Gasteiger partial charge in [-0.15, -0.1) is 0 Å². The number of hydrogen-bond acceptors (Lipinski definition) is 3. The number of amides is 2. The Morgan fingerprint density at radius 3 is 2.62 bits per heavy atom. The SMILES string of the molecule is Cc1ccc(NC(=O)C2CC2)cc1NC(=O)Cn1c(-c2cccc(Cl)c2Cl)nc2ccccc21. The average molecular weight is 493 g/mol. The van der Waals surface area contributed by atoms with E-state index in [0.717, 1.165) is 29.4 Å². The summed E-state index contributed by atoms with van der Waals surface area (Å²) in [4.78, 5) is 30.0. The van der Waals surface area contributed by atoms with Crippen LogP contribution < -0.4 is 10.6 Å². The second-order valence-corrected chi connectivity index (χ2v) is 9.24. The number of imidazole rings is 1. The van der Waals surface area contributed by atoms with E-state index in [1.807, 2.05) is 54.0 Å². The molecule has 2 amide bonds. The molecule has 3 aromatic carbocycles. The molecule has 1 fully saturated rings. The average Bonchev–Trinajstić information content (AvgIpc) is 3.61. The van der Waals surface area contributed by atoms with E-state index in [2.05, 4.69) is 10.6 Å². The maximum atomic E-state index is 13.2. The summed E-state index contributed by atoms with van der Waals surface area (Å²) in [6, 6.07) is 18.5. The van der Waals surface area contributed by atoms with Crippen LogP contribution in [0.2, 0.25) is 10.0 Å². The molecule has 1 aromatic heterocycles. The predicted molar refractivity (Wildman–Crippen MR) is 136 cm³/mol. The van der Waals surface area contributed by atoms with Gasteiger partial charge in [0.1, 0.15) is 12.4 Å². The predicted octanol–water partition coefficient (Wildman–Crippen LogP) is 6.31. The summed E-state index contributed by atoms with van der Waals surface area (Å²) in [6.07, 6.45) is 1.86. The number of aromatic nitrogens is 2. The van der Waals surface area contributed by atoms with Crippen molar-refractivity contribution in [1.29, 1.82) is 0 Å². The lowest BCUT2D eigenvalue weighted by Crippen LogP contribution is -2.20. The highest BCUT2D eigenvalue weighted by Gasteiger charge is 2.29. The van der Waals surface area contributed by atoms with E-state index in [0.29, 0.717) is 32.8 Å². The minimum atomic E-state index is -0.226. The van der Waals surface area contributed by atoms with Gasteiger partial charge in [0.15, 0.2) is 0 Å². The minimum Gasteiger partial charge on any atom is -0.326 e. The van der Waals surface area contributed by atoms with Crippen LogP contribution >= 0.6 is 23.2 Å². The van der Waals surface area contributed by atoms with E-state index in [4.69, 9.17) is 28.2 Å². The summed E-state index contributed by atoms with van der Waals surface area (Å²) in [6.45, 7) is 1.93. The number of nitrogens with zero attached hydrogens (tertiary/aromatic N) is 2. The topological polar surface area (TPSA) is 76.0 Å². The van der Waals surface area contributed by atoms with Crippen LogP contribution in [0.5, 0.6) is 0 Å². The monoisotopic (exact) mass is 492 g/mol. The summed E-state index contributed by atoms with van der Waals surface area (Å²) in [5.41, 5.74) is 4.42. The van der Waals surface area contributed by atoms with E-state index < -0.39 is 0 Å². The largest absolute Gasteiger partial charge is 0.326 e. The molecule has 1 heterocycles. The van der Waals surface area contributed by atoms with E-state index in [1.165, 1.54) is 0 Å². The first kappa shape index (κ1) is 22.4. The number of para-hydroxylation sites is 2. The lowest BCUT2D eigenvalue weighted by molar-refractivity contribution is -0.117. The van der Waals surface area contributed by atoms with E-state index in [9.17, 15) is 9.59 Å². The number of halogens is 2. The first-order valence-corrected chi connectivity index (χ1v) is 11.8. The smallest absolute Gasteiger partial charge is 0.244 e. The van der Waals surface area contributed by atoms with Crippen molar-refractivity contribution in [3.8, 4) is 11.4 Å². The van der Waals surface area contributed by atoms with Crippen molar-refractivity contribution in [2.24, 2.45) is 5.92 Å². The first-order chi connectivity index (χ1) is 16.4. The number of carbonyl (C=O) groups excluding carboxylic acids is 2. The molecule has 1 aliphatic rings. The third-order valence-corrected chi connectivity index (χ3v) is 6.70. The Kier molecular flexibility index (Phi) is 6.02. The van der Waals surface area contributed by atoms with E-state index in [1.54, 1.807) is 18.2 Å². The van der Waals surface area contributed by atoms with Gasteiger partial charge < -0.3 is 15.2 Å². The Hall–Kier alpha value is -3.35. The Balaban J connectivity index is 1.44. The van der Waals surface area contributed by atoms with Gasteiger partial charge in [0.25, 0.3) is 0 Å². The maximum absolute atomic E-state index is 13.2. The van der Waals surface area contributed by atoms with Gasteiger partial charge in [0.2, 0.25) is 11.8 Å². The quantitative estimate of drug-likeness (QED) is 0.331. The van der Waals surface area contributed by atoms with E-state index >= 15 is 0 Å². The van der Waals surface area contributed by atoms with Crippen LogP contribution in [0, 0.1) is 12.8 Å². The molecule has 8 heteroatoms. The fraction of sp³-hybridized carbons (Fsp3) is 0.192. The molecule has 1 aliphatic carbocycles.